The number of rotatable bonds is 7. The summed E-state index contributed by atoms with van der Waals surface area (Å²) in [5.74, 6) is -1.33. The van der Waals surface area contributed by atoms with Crippen LogP contribution >= 0.6 is 34.5 Å². The molecule has 13 heteroatoms. The van der Waals surface area contributed by atoms with Crippen molar-refractivity contribution in [1.29, 1.82) is 0 Å². The van der Waals surface area contributed by atoms with Crippen LogP contribution in [0.2, 0.25) is 10.0 Å². The number of fused-ring (bicyclic) bond motifs is 1. The highest BCUT2D eigenvalue weighted by atomic mass is 35.5. The van der Waals surface area contributed by atoms with Crippen molar-refractivity contribution in [2.45, 2.75) is 25.7 Å². The molecule has 222 valence electrons. The number of esters is 1. The fourth-order valence-electron chi connectivity index (χ4n) is 4.45. The second-order valence-electron chi connectivity index (χ2n) is 9.21. The van der Waals surface area contributed by atoms with E-state index in [1.807, 2.05) is 0 Å². The van der Waals surface area contributed by atoms with Crippen LogP contribution in [0.25, 0.3) is 6.08 Å². The van der Waals surface area contributed by atoms with Crippen LogP contribution in [0.15, 0.2) is 87.8 Å². The normalized spacial score (nSPS) is 15.2. The lowest BCUT2D eigenvalue weighted by Crippen LogP contribution is -2.41. The van der Waals surface area contributed by atoms with Crippen LogP contribution in [0.4, 0.5) is 17.6 Å². The smallest absolute Gasteiger partial charge is 0.434 e. The molecule has 5 rings (SSSR count). The van der Waals surface area contributed by atoms with Crippen molar-refractivity contribution >= 4 is 46.6 Å². The molecule has 0 amide bonds. The van der Waals surface area contributed by atoms with Crippen LogP contribution in [0, 0.1) is 5.82 Å². The molecule has 1 aliphatic heterocycles. The molecular formula is C30H20Cl2F4N2O4S. The number of carbonyl (C=O) groups is 1. The maximum Gasteiger partial charge on any atom is 0.434 e. The number of carbonyl (C=O) groups excluding carboxylic acids is 1. The molecule has 43 heavy (non-hydrogen) atoms. The zero-order chi connectivity index (χ0) is 30.9. The summed E-state index contributed by atoms with van der Waals surface area (Å²) in [7, 11) is 0. The van der Waals surface area contributed by atoms with Crippen LogP contribution in [0.3, 0.4) is 0 Å². The van der Waals surface area contributed by atoms with Gasteiger partial charge in [-0.25, -0.2) is 14.2 Å². The Labute approximate surface area is 255 Å². The average molecular weight is 651 g/mol. The van der Waals surface area contributed by atoms with E-state index in [0.717, 1.165) is 4.57 Å². The summed E-state index contributed by atoms with van der Waals surface area (Å²) in [6.45, 7) is 1.33. The van der Waals surface area contributed by atoms with Crippen molar-refractivity contribution in [2.24, 2.45) is 4.99 Å². The van der Waals surface area contributed by atoms with E-state index >= 15 is 0 Å². The van der Waals surface area contributed by atoms with E-state index in [-0.39, 0.29) is 28.1 Å². The van der Waals surface area contributed by atoms with Crippen LogP contribution in [0.5, 0.6) is 5.75 Å². The van der Waals surface area contributed by atoms with Gasteiger partial charge in [-0.3, -0.25) is 9.36 Å². The van der Waals surface area contributed by atoms with E-state index in [0.29, 0.717) is 38.3 Å². The highest BCUT2D eigenvalue weighted by Gasteiger charge is 2.45. The molecule has 1 aliphatic rings. The fourth-order valence-corrected chi connectivity index (χ4v) is 5.75. The molecule has 0 aliphatic carbocycles. The van der Waals surface area contributed by atoms with Crippen molar-refractivity contribution in [2.75, 3.05) is 6.61 Å². The van der Waals surface area contributed by atoms with Gasteiger partial charge in [0.25, 0.3) is 5.56 Å². The molecule has 0 saturated carbocycles. The Morgan fingerprint density at radius 2 is 1.72 bits per heavy atom. The number of benzene rings is 3. The van der Waals surface area contributed by atoms with Gasteiger partial charge < -0.3 is 9.47 Å². The highest BCUT2D eigenvalue weighted by Crippen LogP contribution is 2.38. The molecule has 0 N–H and O–H groups in total. The number of allylic oxidation sites excluding steroid dienone is 1. The first-order chi connectivity index (χ1) is 20.5. The number of aromatic nitrogens is 1. The lowest BCUT2D eigenvalue weighted by atomic mass is 9.95. The number of hydrogen-bond donors (Lipinski definition) is 0. The van der Waals surface area contributed by atoms with E-state index in [2.05, 4.69) is 4.99 Å². The molecule has 0 spiro atoms. The average Bonchev–Trinajstić information content (AvgIpc) is 3.27. The van der Waals surface area contributed by atoms with Gasteiger partial charge in [-0.2, -0.15) is 13.2 Å². The molecule has 0 radical (unpaired) electrons. The summed E-state index contributed by atoms with van der Waals surface area (Å²) in [6.07, 6.45) is -3.60. The Balaban J connectivity index is 1.68. The number of ether oxygens (including phenoxy) is 2. The third-order valence-corrected chi connectivity index (χ3v) is 7.82. The number of halogens is 6. The third kappa shape index (κ3) is 6.53. The van der Waals surface area contributed by atoms with Crippen LogP contribution in [-0.2, 0) is 16.1 Å². The summed E-state index contributed by atoms with van der Waals surface area (Å²) >= 11 is 12.9. The minimum Gasteiger partial charge on any atom is -0.488 e. The zero-order valence-corrected chi connectivity index (χ0v) is 24.5. The van der Waals surface area contributed by atoms with Gasteiger partial charge in [0.2, 0.25) is 0 Å². The summed E-state index contributed by atoms with van der Waals surface area (Å²) in [5.41, 5.74) is -1.73. The molecular weight excluding hydrogens is 631 g/mol. The standard InChI is InChI=1S/C30H20Cl2F4N2O4S/c1-2-41-28(40)24-25(17-5-7-19(31)8-6-17)38-27(39)23(43-29(38)37-26(24)30(34,35)36)14-18-13-20(32)9-12-22(18)42-15-16-3-10-21(33)11-4-16/h3-14,25H,2,15H2,1H3/b23-14-/t25-/m0/s1. The van der Waals surface area contributed by atoms with Crippen LogP contribution < -0.4 is 19.6 Å². The molecule has 0 saturated heterocycles. The van der Waals surface area contributed by atoms with Gasteiger partial charge in [-0.15, -0.1) is 0 Å². The number of nitrogens with zero attached hydrogens (tertiary/aromatic N) is 2. The molecule has 3 aromatic carbocycles. The molecule has 4 aromatic rings. The lowest BCUT2D eigenvalue weighted by Gasteiger charge is -2.26. The Hall–Kier alpha value is -3.93. The predicted molar refractivity (Wildman–Crippen MR) is 154 cm³/mol. The van der Waals surface area contributed by atoms with Gasteiger partial charge in [0, 0.05) is 15.6 Å². The van der Waals surface area contributed by atoms with Gasteiger partial charge in [0.1, 0.15) is 18.2 Å². The molecule has 0 unspecified atom stereocenters. The number of thiazole rings is 1. The minimum absolute atomic E-state index is 0.0123. The van der Waals surface area contributed by atoms with Crippen molar-refractivity contribution in [3.63, 3.8) is 0 Å². The molecule has 0 fully saturated rings. The van der Waals surface area contributed by atoms with Crippen molar-refractivity contribution in [3.8, 4) is 5.75 Å². The Morgan fingerprint density at radius 3 is 2.37 bits per heavy atom. The van der Waals surface area contributed by atoms with Gasteiger partial charge in [-0.05, 0) is 66.6 Å². The predicted octanol–water partition coefficient (Wildman–Crippen LogP) is 6.37. The highest BCUT2D eigenvalue weighted by molar-refractivity contribution is 7.07. The first-order valence-electron chi connectivity index (χ1n) is 12.7. The Morgan fingerprint density at radius 1 is 1.05 bits per heavy atom. The molecule has 2 heterocycles. The van der Waals surface area contributed by atoms with E-state index in [4.69, 9.17) is 32.7 Å². The van der Waals surface area contributed by atoms with Gasteiger partial charge >= 0.3 is 12.1 Å². The summed E-state index contributed by atoms with van der Waals surface area (Å²) < 4.78 is 68.2. The zero-order valence-electron chi connectivity index (χ0n) is 22.1. The Kier molecular flexibility index (Phi) is 8.77. The van der Waals surface area contributed by atoms with E-state index in [1.165, 1.54) is 55.5 Å². The Bertz CT molecular complexity index is 1900. The monoisotopic (exact) mass is 650 g/mol. The van der Waals surface area contributed by atoms with Gasteiger partial charge in [0.15, 0.2) is 10.5 Å². The first kappa shape index (κ1) is 30.5. The second-order valence-corrected chi connectivity index (χ2v) is 11.1. The minimum atomic E-state index is -5.03. The summed E-state index contributed by atoms with van der Waals surface area (Å²) in [4.78, 5) is 30.3. The van der Waals surface area contributed by atoms with Crippen molar-refractivity contribution in [1.82, 2.24) is 4.57 Å². The maximum atomic E-state index is 14.3. The second kappa shape index (κ2) is 12.4. The largest absolute Gasteiger partial charge is 0.488 e. The van der Waals surface area contributed by atoms with Crippen molar-refractivity contribution < 1.29 is 31.8 Å². The lowest BCUT2D eigenvalue weighted by molar-refractivity contribution is -0.140. The third-order valence-electron chi connectivity index (χ3n) is 6.35. The number of hydrogen-bond acceptors (Lipinski definition) is 6. The SMILES string of the molecule is CCOC(=O)C1=C(C(F)(F)F)N=c2s/c(=C\c3cc(Cl)ccc3OCc3ccc(F)cc3)c(=O)n2[C@H]1c1ccc(Cl)cc1. The first-order valence-corrected chi connectivity index (χ1v) is 14.3. The van der Waals surface area contributed by atoms with Crippen molar-refractivity contribution in [3.05, 3.63) is 130 Å². The summed E-state index contributed by atoms with van der Waals surface area (Å²) in [5, 5.41) is 0.624. The molecule has 6 nitrogen and oxygen atoms in total. The summed E-state index contributed by atoms with van der Waals surface area (Å²) in [6, 6.07) is 14.6. The molecule has 0 bridgehead atoms. The number of alkyl halides is 3. The molecule has 1 aromatic heterocycles. The van der Waals surface area contributed by atoms with E-state index < -0.39 is 40.8 Å². The van der Waals surface area contributed by atoms with E-state index in [1.54, 1.807) is 24.3 Å². The topological polar surface area (TPSA) is 69.9 Å². The quantitative estimate of drug-likeness (QED) is 0.172. The fraction of sp³-hybridized carbons (Fsp3) is 0.167. The van der Waals surface area contributed by atoms with Crippen LogP contribution in [-0.4, -0.2) is 23.3 Å². The maximum absolute atomic E-state index is 14.3. The van der Waals surface area contributed by atoms with E-state index in [9.17, 15) is 27.2 Å². The van der Waals surface area contributed by atoms with Crippen LogP contribution in [0.1, 0.15) is 29.7 Å². The van der Waals surface area contributed by atoms with Gasteiger partial charge in [0.05, 0.1) is 22.8 Å². The van der Waals surface area contributed by atoms with Gasteiger partial charge in [-0.1, -0.05) is 58.8 Å². The molecule has 1 atom stereocenters.